The zero-order chi connectivity index (χ0) is 18.1. The quantitative estimate of drug-likeness (QED) is 0.795. The van der Waals surface area contributed by atoms with Crippen LogP contribution < -0.4 is 0 Å². The Kier molecular flexibility index (Phi) is 4.70. The highest BCUT2D eigenvalue weighted by molar-refractivity contribution is 5.88. The van der Waals surface area contributed by atoms with E-state index in [0.29, 0.717) is 12.5 Å². The normalized spacial score (nSPS) is 18.0. The minimum Gasteiger partial charge on any atom is -0.468 e. The van der Waals surface area contributed by atoms with Crippen molar-refractivity contribution >= 4 is 22.8 Å². The molecule has 1 aliphatic carbocycles. The summed E-state index contributed by atoms with van der Waals surface area (Å²) in [5, 5.41) is 1.15. The van der Waals surface area contributed by atoms with Crippen molar-refractivity contribution in [3.8, 4) is 0 Å². The van der Waals surface area contributed by atoms with E-state index >= 15 is 0 Å². The van der Waals surface area contributed by atoms with Crippen LogP contribution in [0.3, 0.4) is 0 Å². The Bertz CT molecular complexity index is 833. The molecule has 0 atom stereocenters. The van der Waals surface area contributed by atoms with Gasteiger partial charge in [0.25, 0.3) is 0 Å². The van der Waals surface area contributed by atoms with Crippen LogP contribution >= 0.6 is 0 Å². The van der Waals surface area contributed by atoms with Gasteiger partial charge >= 0.3 is 5.97 Å². The van der Waals surface area contributed by atoms with E-state index in [1.807, 2.05) is 23.1 Å². The Morgan fingerprint density at radius 3 is 2.69 bits per heavy atom. The second-order valence-electron chi connectivity index (χ2n) is 7.45. The predicted molar refractivity (Wildman–Crippen MR) is 99.7 cm³/mol. The van der Waals surface area contributed by atoms with Crippen LogP contribution in [0.2, 0.25) is 0 Å². The van der Waals surface area contributed by atoms with Crippen LogP contribution in [0.25, 0.3) is 10.9 Å². The second kappa shape index (κ2) is 7.14. The highest BCUT2D eigenvalue weighted by atomic mass is 16.5. The lowest BCUT2D eigenvalue weighted by Gasteiger charge is -2.32. The number of hydrogen-bond acceptors (Lipinski definition) is 3. The summed E-state index contributed by atoms with van der Waals surface area (Å²) in [6, 6.07) is 8.15. The van der Waals surface area contributed by atoms with Crippen LogP contribution in [0, 0.1) is 5.92 Å². The number of aromatic nitrogens is 1. The Balaban J connectivity index is 1.65. The monoisotopic (exact) mass is 354 g/mol. The van der Waals surface area contributed by atoms with Gasteiger partial charge in [-0.1, -0.05) is 37.5 Å². The van der Waals surface area contributed by atoms with Gasteiger partial charge in [0.1, 0.15) is 6.54 Å². The fourth-order valence-electron chi connectivity index (χ4n) is 4.57. The minimum absolute atomic E-state index is 0.203. The summed E-state index contributed by atoms with van der Waals surface area (Å²) in [6.45, 7) is 1.61. The molecule has 0 N–H and O–H groups in total. The fourth-order valence-corrected chi connectivity index (χ4v) is 4.57. The highest BCUT2D eigenvalue weighted by Gasteiger charge is 2.31. The average molecular weight is 354 g/mol. The maximum atomic E-state index is 13.0. The van der Waals surface area contributed by atoms with Gasteiger partial charge in [-0.15, -0.1) is 0 Å². The Morgan fingerprint density at radius 2 is 1.92 bits per heavy atom. The highest BCUT2D eigenvalue weighted by Crippen LogP contribution is 2.33. The molecule has 0 bridgehead atoms. The summed E-state index contributed by atoms with van der Waals surface area (Å²) >= 11 is 0. The first kappa shape index (κ1) is 17.1. The zero-order valence-electron chi connectivity index (χ0n) is 15.4. The zero-order valence-corrected chi connectivity index (χ0v) is 15.4. The van der Waals surface area contributed by atoms with E-state index in [-0.39, 0.29) is 18.4 Å². The molecule has 0 radical (unpaired) electrons. The van der Waals surface area contributed by atoms with Gasteiger partial charge in [0.05, 0.1) is 7.11 Å². The third-order valence-electron chi connectivity index (χ3n) is 5.94. The second-order valence-corrected chi connectivity index (χ2v) is 7.45. The molecule has 1 amide bonds. The average Bonchev–Trinajstić information content (AvgIpc) is 3.01. The van der Waals surface area contributed by atoms with Gasteiger partial charge in [-0.25, -0.2) is 0 Å². The van der Waals surface area contributed by atoms with Gasteiger partial charge in [0.15, 0.2) is 0 Å². The Hall–Kier alpha value is -2.30. The molecule has 1 aromatic heterocycles. The third kappa shape index (κ3) is 3.00. The van der Waals surface area contributed by atoms with Crippen LogP contribution in [-0.2, 0) is 33.8 Å². The largest absolute Gasteiger partial charge is 0.468 e. The van der Waals surface area contributed by atoms with E-state index < -0.39 is 0 Å². The molecule has 5 heteroatoms. The number of carbonyl (C=O) groups excluding carboxylic acids is 2. The van der Waals surface area contributed by atoms with E-state index in [1.165, 1.54) is 37.6 Å². The van der Waals surface area contributed by atoms with E-state index in [1.54, 1.807) is 0 Å². The first-order valence-electron chi connectivity index (χ1n) is 9.63. The maximum absolute atomic E-state index is 13.0. The fraction of sp³-hybridized carbons (Fsp3) is 0.524. The van der Waals surface area contributed by atoms with Crippen molar-refractivity contribution in [2.75, 3.05) is 13.7 Å². The number of esters is 1. The molecule has 138 valence electrons. The number of nitrogens with zero attached hydrogens (tertiary/aromatic N) is 2. The van der Waals surface area contributed by atoms with E-state index in [4.69, 9.17) is 4.74 Å². The number of methoxy groups -OCH3 is 1. The molecule has 0 unspecified atom stereocenters. The minimum atomic E-state index is -0.241. The van der Waals surface area contributed by atoms with Gasteiger partial charge in [0.2, 0.25) is 5.91 Å². The lowest BCUT2D eigenvalue weighted by atomic mass is 9.87. The number of benzene rings is 1. The smallest absolute Gasteiger partial charge is 0.325 e. The molecule has 2 heterocycles. The summed E-state index contributed by atoms with van der Waals surface area (Å²) in [5.74, 6) is 0.281. The van der Waals surface area contributed by atoms with E-state index in [2.05, 4.69) is 10.6 Å². The van der Waals surface area contributed by atoms with Crippen LogP contribution in [0.5, 0.6) is 0 Å². The van der Waals surface area contributed by atoms with Crippen molar-refractivity contribution < 1.29 is 14.3 Å². The van der Waals surface area contributed by atoms with Gasteiger partial charge in [-0.05, 0) is 18.9 Å². The number of amides is 1. The van der Waals surface area contributed by atoms with Gasteiger partial charge in [-0.2, -0.15) is 0 Å². The summed E-state index contributed by atoms with van der Waals surface area (Å²) in [6.07, 6.45) is 6.47. The molecule has 2 aromatic rings. The predicted octanol–water partition coefficient (Wildman–Crippen LogP) is 3.28. The van der Waals surface area contributed by atoms with E-state index in [0.717, 1.165) is 36.7 Å². The number of hydrogen-bond donors (Lipinski definition) is 0. The SMILES string of the molecule is COC(=O)Cn1c2c(c3ccccc31)CN(C(=O)C1CCCCC1)CC2. The van der Waals surface area contributed by atoms with Crippen LogP contribution in [-0.4, -0.2) is 35.0 Å². The first-order valence-corrected chi connectivity index (χ1v) is 9.63. The number of ether oxygens (including phenoxy) is 1. The van der Waals surface area contributed by atoms with Crippen molar-refractivity contribution in [2.24, 2.45) is 5.92 Å². The number of fused-ring (bicyclic) bond motifs is 3. The third-order valence-corrected chi connectivity index (χ3v) is 5.94. The number of para-hydroxylation sites is 1. The molecule has 1 saturated carbocycles. The molecule has 26 heavy (non-hydrogen) atoms. The van der Waals surface area contributed by atoms with Crippen molar-refractivity contribution in [3.05, 3.63) is 35.5 Å². The molecule has 1 aliphatic heterocycles. The first-order chi connectivity index (χ1) is 12.7. The lowest BCUT2D eigenvalue weighted by Crippen LogP contribution is -2.40. The van der Waals surface area contributed by atoms with Crippen LogP contribution in [0.4, 0.5) is 0 Å². The van der Waals surface area contributed by atoms with E-state index in [9.17, 15) is 9.59 Å². The summed E-state index contributed by atoms with van der Waals surface area (Å²) < 4.78 is 6.95. The van der Waals surface area contributed by atoms with Gasteiger partial charge in [0, 0.05) is 47.6 Å². The molecular weight excluding hydrogens is 328 g/mol. The van der Waals surface area contributed by atoms with Crippen LogP contribution in [0.1, 0.15) is 43.4 Å². The summed E-state index contributed by atoms with van der Waals surface area (Å²) in [7, 11) is 1.42. The summed E-state index contributed by atoms with van der Waals surface area (Å²) in [5.41, 5.74) is 3.42. The van der Waals surface area contributed by atoms with Gasteiger partial charge in [-0.3, -0.25) is 9.59 Å². The molecule has 0 spiro atoms. The van der Waals surface area contributed by atoms with Crippen molar-refractivity contribution in [3.63, 3.8) is 0 Å². The van der Waals surface area contributed by atoms with Crippen molar-refractivity contribution in [2.45, 2.75) is 51.6 Å². The maximum Gasteiger partial charge on any atom is 0.325 e. The molecular formula is C21H26N2O3. The Morgan fingerprint density at radius 1 is 1.15 bits per heavy atom. The molecule has 1 fully saturated rings. The molecule has 1 aromatic carbocycles. The Labute approximate surface area is 153 Å². The molecule has 5 nitrogen and oxygen atoms in total. The van der Waals surface area contributed by atoms with Crippen molar-refractivity contribution in [1.82, 2.24) is 9.47 Å². The standard InChI is InChI=1S/C21H26N2O3/c1-26-20(24)14-23-18-10-6-5-9-16(18)17-13-22(12-11-19(17)23)21(25)15-7-3-2-4-8-15/h5-6,9-10,15H,2-4,7-8,11-14H2,1H3. The topological polar surface area (TPSA) is 51.5 Å². The molecule has 4 rings (SSSR count). The number of carbonyl (C=O) groups is 2. The molecule has 0 saturated heterocycles. The van der Waals surface area contributed by atoms with Gasteiger partial charge < -0.3 is 14.2 Å². The summed E-state index contributed by atoms with van der Waals surface area (Å²) in [4.78, 5) is 26.9. The number of rotatable bonds is 3. The molecule has 2 aliphatic rings. The van der Waals surface area contributed by atoms with Crippen LogP contribution in [0.15, 0.2) is 24.3 Å². The lowest BCUT2D eigenvalue weighted by molar-refractivity contribution is -0.141. The van der Waals surface area contributed by atoms with Crippen molar-refractivity contribution in [1.29, 1.82) is 0 Å².